The summed E-state index contributed by atoms with van der Waals surface area (Å²) in [5.74, 6) is 2.58. The first-order valence-electron chi connectivity index (χ1n) is 7.30. The lowest BCUT2D eigenvalue weighted by Gasteiger charge is -2.33. The number of aromatic nitrogens is 1. The van der Waals surface area contributed by atoms with Gasteiger partial charge in [-0.2, -0.15) is 0 Å². The lowest BCUT2D eigenvalue weighted by atomic mass is 9.74. The molecule has 1 unspecified atom stereocenters. The van der Waals surface area contributed by atoms with Gasteiger partial charge in [0.2, 0.25) is 0 Å². The Hall–Kier alpha value is -1.09. The first-order valence-corrected chi connectivity index (χ1v) is 7.30. The molecule has 0 bridgehead atoms. The van der Waals surface area contributed by atoms with Crippen LogP contribution in [0.2, 0.25) is 0 Å². The number of aliphatic hydroxyl groups excluding tert-OH is 1. The minimum atomic E-state index is -0.496. The van der Waals surface area contributed by atoms with Crippen molar-refractivity contribution in [2.75, 3.05) is 7.11 Å². The molecule has 2 rings (SSSR count). The molecule has 3 heteroatoms. The molecule has 0 aromatic carbocycles. The van der Waals surface area contributed by atoms with Crippen molar-refractivity contribution in [3.8, 4) is 5.75 Å². The molecular formula is C16H25NO2. The Kier molecular flexibility index (Phi) is 4.81. The minimum Gasteiger partial charge on any atom is -0.495 e. The Bertz CT molecular complexity index is 397. The lowest BCUT2D eigenvalue weighted by Crippen LogP contribution is -2.23. The van der Waals surface area contributed by atoms with Crippen LogP contribution >= 0.6 is 0 Å². The molecule has 19 heavy (non-hydrogen) atoms. The zero-order chi connectivity index (χ0) is 13.8. The Morgan fingerprint density at radius 2 is 1.84 bits per heavy atom. The van der Waals surface area contributed by atoms with Gasteiger partial charge >= 0.3 is 0 Å². The zero-order valence-electron chi connectivity index (χ0n) is 12.2. The first kappa shape index (κ1) is 14.3. The fourth-order valence-corrected chi connectivity index (χ4v) is 3.15. The third kappa shape index (κ3) is 3.27. The van der Waals surface area contributed by atoms with Gasteiger partial charge in [0.15, 0.2) is 0 Å². The topological polar surface area (TPSA) is 42.4 Å². The van der Waals surface area contributed by atoms with Gasteiger partial charge in [0, 0.05) is 6.20 Å². The summed E-state index contributed by atoms with van der Waals surface area (Å²) >= 11 is 0. The molecule has 1 aromatic rings. The molecule has 106 valence electrons. The largest absolute Gasteiger partial charge is 0.495 e. The quantitative estimate of drug-likeness (QED) is 0.902. The fourth-order valence-electron chi connectivity index (χ4n) is 3.15. The fraction of sp³-hybridized carbons (Fsp3) is 0.688. The Morgan fingerprint density at radius 1 is 1.21 bits per heavy atom. The second-order valence-electron chi connectivity index (χ2n) is 5.95. The van der Waals surface area contributed by atoms with Gasteiger partial charge in [-0.3, -0.25) is 4.98 Å². The van der Waals surface area contributed by atoms with Crippen LogP contribution in [-0.2, 0) is 0 Å². The second kappa shape index (κ2) is 6.38. The van der Waals surface area contributed by atoms with Gasteiger partial charge in [-0.1, -0.05) is 13.8 Å². The number of ether oxygens (including phenoxy) is 1. The van der Waals surface area contributed by atoms with E-state index in [0.717, 1.165) is 24.7 Å². The van der Waals surface area contributed by atoms with Gasteiger partial charge in [0.1, 0.15) is 17.5 Å². The molecule has 0 aliphatic heterocycles. The smallest absolute Gasteiger partial charge is 0.143 e. The third-order valence-corrected chi connectivity index (χ3v) is 4.51. The molecular weight excluding hydrogens is 238 g/mol. The van der Waals surface area contributed by atoms with Crippen LogP contribution in [0.1, 0.15) is 51.3 Å². The molecule has 1 heterocycles. The average Bonchev–Trinajstić information content (AvgIpc) is 2.46. The Morgan fingerprint density at radius 3 is 2.42 bits per heavy atom. The van der Waals surface area contributed by atoms with Crippen LogP contribution in [0.15, 0.2) is 18.3 Å². The minimum absolute atomic E-state index is 0.318. The predicted molar refractivity (Wildman–Crippen MR) is 76.0 cm³/mol. The molecule has 1 aliphatic rings. The number of hydrogen-bond donors (Lipinski definition) is 1. The normalized spacial score (nSPS) is 25.3. The van der Waals surface area contributed by atoms with Gasteiger partial charge in [0.25, 0.3) is 0 Å². The monoisotopic (exact) mass is 263 g/mol. The number of methoxy groups -OCH3 is 1. The number of hydrogen-bond acceptors (Lipinski definition) is 3. The van der Waals surface area contributed by atoms with Crippen LogP contribution in [0.25, 0.3) is 0 Å². The molecule has 0 saturated heterocycles. The van der Waals surface area contributed by atoms with Crippen LogP contribution in [0, 0.1) is 17.8 Å². The molecule has 0 radical (unpaired) electrons. The molecule has 0 spiro atoms. The Balaban J connectivity index is 2.03. The summed E-state index contributed by atoms with van der Waals surface area (Å²) in [4.78, 5) is 4.30. The SMILES string of the molecule is COc1cccnc1C(O)C1CCC(C(C)C)CC1. The molecule has 0 amide bonds. The van der Waals surface area contributed by atoms with E-state index in [1.54, 1.807) is 13.3 Å². The van der Waals surface area contributed by atoms with Crippen LogP contribution in [-0.4, -0.2) is 17.2 Å². The first-order chi connectivity index (χ1) is 9.13. The van der Waals surface area contributed by atoms with E-state index >= 15 is 0 Å². The van der Waals surface area contributed by atoms with E-state index in [9.17, 15) is 5.11 Å². The van der Waals surface area contributed by atoms with Crippen molar-refractivity contribution in [3.63, 3.8) is 0 Å². The summed E-state index contributed by atoms with van der Waals surface area (Å²) in [5.41, 5.74) is 0.693. The van der Waals surface area contributed by atoms with Crippen molar-refractivity contribution >= 4 is 0 Å². The van der Waals surface area contributed by atoms with E-state index in [1.807, 2.05) is 12.1 Å². The summed E-state index contributed by atoms with van der Waals surface area (Å²) in [6.07, 6.45) is 5.83. The van der Waals surface area contributed by atoms with Crippen LogP contribution in [0.3, 0.4) is 0 Å². The van der Waals surface area contributed by atoms with Crippen molar-refractivity contribution in [1.82, 2.24) is 4.98 Å². The number of rotatable bonds is 4. The van der Waals surface area contributed by atoms with Crippen molar-refractivity contribution < 1.29 is 9.84 Å². The van der Waals surface area contributed by atoms with Gasteiger partial charge in [-0.15, -0.1) is 0 Å². The van der Waals surface area contributed by atoms with Crippen molar-refractivity contribution in [3.05, 3.63) is 24.0 Å². The average molecular weight is 263 g/mol. The van der Waals surface area contributed by atoms with Crippen molar-refractivity contribution in [1.29, 1.82) is 0 Å². The molecule has 1 aromatic heterocycles. The highest BCUT2D eigenvalue weighted by Gasteiger charge is 2.30. The zero-order valence-corrected chi connectivity index (χ0v) is 12.2. The summed E-state index contributed by atoms with van der Waals surface area (Å²) in [6.45, 7) is 4.59. The molecule has 3 nitrogen and oxygen atoms in total. The highest BCUT2D eigenvalue weighted by atomic mass is 16.5. The summed E-state index contributed by atoms with van der Waals surface area (Å²) in [6, 6.07) is 3.70. The van der Waals surface area contributed by atoms with Gasteiger partial charge in [-0.25, -0.2) is 0 Å². The maximum absolute atomic E-state index is 10.5. The summed E-state index contributed by atoms with van der Waals surface area (Å²) in [5, 5.41) is 10.5. The van der Waals surface area contributed by atoms with Crippen molar-refractivity contribution in [2.24, 2.45) is 17.8 Å². The summed E-state index contributed by atoms with van der Waals surface area (Å²) in [7, 11) is 1.63. The molecule has 1 fully saturated rings. The van der Waals surface area contributed by atoms with E-state index in [2.05, 4.69) is 18.8 Å². The number of pyridine rings is 1. The van der Waals surface area contributed by atoms with E-state index in [-0.39, 0.29) is 0 Å². The van der Waals surface area contributed by atoms with Crippen molar-refractivity contribution in [2.45, 2.75) is 45.6 Å². The Labute approximate surface area is 116 Å². The predicted octanol–water partition coefficient (Wildman–Crippen LogP) is 3.59. The number of aliphatic hydroxyl groups is 1. The molecule has 1 saturated carbocycles. The van der Waals surface area contributed by atoms with Gasteiger partial charge in [0.05, 0.1) is 7.11 Å². The van der Waals surface area contributed by atoms with Crippen LogP contribution in [0.4, 0.5) is 0 Å². The third-order valence-electron chi connectivity index (χ3n) is 4.51. The molecule has 1 N–H and O–H groups in total. The molecule has 1 aliphatic carbocycles. The lowest BCUT2D eigenvalue weighted by molar-refractivity contribution is 0.0616. The maximum atomic E-state index is 10.5. The molecule has 1 atom stereocenters. The highest BCUT2D eigenvalue weighted by molar-refractivity contribution is 5.29. The van der Waals surface area contributed by atoms with Crippen LogP contribution < -0.4 is 4.74 Å². The van der Waals surface area contributed by atoms with Gasteiger partial charge < -0.3 is 9.84 Å². The van der Waals surface area contributed by atoms with Gasteiger partial charge in [-0.05, 0) is 55.6 Å². The second-order valence-corrected chi connectivity index (χ2v) is 5.95. The van der Waals surface area contributed by atoms with Crippen LogP contribution in [0.5, 0.6) is 5.75 Å². The maximum Gasteiger partial charge on any atom is 0.143 e. The van der Waals surface area contributed by atoms with E-state index in [4.69, 9.17) is 4.74 Å². The van der Waals surface area contributed by atoms with E-state index in [1.165, 1.54) is 12.8 Å². The summed E-state index contributed by atoms with van der Waals surface area (Å²) < 4.78 is 5.29. The van der Waals surface area contributed by atoms with E-state index in [0.29, 0.717) is 17.4 Å². The number of nitrogens with zero attached hydrogens (tertiary/aromatic N) is 1. The highest BCUT2D eigenvalue weighted by Crippen LogP contribution is 2.40. The standard InChI is InChI=1S/C16H25NO2/c1-11(2)12-6-8-13(9-7-12)16(18)15-14(19-3)5-4-10-17-15/h4-5,10-13,16,18H,6-9H2,1-3H3. The van der Waals surface area contributed by atoms with E-state index < -0.39 is 6.10 Å².